The van der Waals surface area contributed by atoms with Crippen molar-refractivity contribution < 1.29 is 29.4 Å². The third-order valence-electron chi connectivity index (χ3n) is 4.44. The SMILES string of the molecule is C[N+](C)(C)C[C@](O)(CC(=O)O)C(=O)C=CCCCCCCCCCCCO. The van der Waals surface area contributed by atoms with Crippen molar-refractivity contribution in [2.75, 3.05) is 34.3 Å². The predicted molar refractivity (Wildman–Crippen MR) is 108 cm³/mol. The number of carboxylic acids is 1. The molecule has 0 saturated carbocycles. The third kappa shape index (κ3) is 14.5. The number of aliphatic hydroxyl groups excluding tert-OH is 1. The van der Waals surface area contributed by atoms with Gasteiger partial charge in [0, 0.05) is 6.61 Å². The molecule has 0 rings (SSSR count). The van der Waals surface area contributed by atoms with Gasteiger partial charge in [-0.2, -0.15) is 0 Å². The first-order valence-corrected chi connectivity index (χ1v) is 10.2. The largest absolute Gasteiger partial charge is 0.481 e. The summed E-state index contributed by atoms with van der Waals surface area (Å²) in [6.45, 7) is 0.347. The number of carbonyl (C=O) groups is 2. The maximum Gasteiger partial charge on any atom is 0.307 e. The van der Waals surface area contributed by atoms with Crippen molar-refractivity contribution in [2.24, 2.45) is 0 Å². The summed E-state index contributed by atoms with van der Waals surface area (Å²) in [5.74, 6) is -1.70. The van der Waals surface area contributed by atoms with Gasteiger partial charge in [-0.15, -0.1) is 0 Å². The zero-order chi connectivity index (χ0) is 20.8. The van der Waals surface area contributed by atoms with E-state index in [1.54, 1.807) is 6.08 Å². The van der Waals surface area contributed by atoms with Gasteiger partial charge in [0.15, 0.2) is 11.4 Å². The van der Waals surface area contributed by atoms with E-state index in [4.69, 9.17) is 10.2 Å². The average Bonchev–Trinajstić information content (AvgIpc) is 2.53. The number of carbonyl (C=O) groups excluding carboxylic acids is 1. The molecule has 0 aliphatic rings. The fourth-order valence-electron chi connectivity index (χ4n) is 3.21. The molecule has 0 aliphatic heterocycles. The van der Waals surface area contributed by atoms with Crippen molar-refractivity contribution in [3.8, 4) is 0 Å². The average molecular weight is 387 g/mol. The highest BCUT2D eigenvalue weighted by Crippen LogP contribution is 2.17. The number of hydrogen-bond acceptors (Lipinski definition) is 4. The number of ketones is 1. The predicted octanol–water partition coefficient (Wildman–Crippen LogP) is 2.92. The van der Waals surface area contributed by atoms with Crippen LogP contribution in [0.4, 0.5) is 0 Å². The minimum absolute atomic E-state index is 0.0563. The molecule has 3 N–H and O–H groups in total. The molecule has 0 unspecified atom stereocenters. The lowest BCUT2D eigenvalue weighted by molar-refractivity contribution is -0.875. The van der Waals surface area contributed by atoms with E-state index in [0.717, 1.165) is 32.1 Å². The summed E-state index contributed by atoms with van der Waals surface area (Å²) in [7, 11) is 5.45. The van der Waals surface area contributed by atoms with Gasteiger partial charge in [-0.05, 0) is 25.3 Å². The lowest BCUT2D eigenvalue weighted by atomic mass is 9.92. The van der Waals surface area contributed by atoms with E-state index in [9.17, 15) is 14.7 Å². The summed E-state index contributed by atoms with van der Waals surface area (Å²) in [4.78, 5) is 23.4. The minimum atomic E-state index is -1.86. The number of aliphatic carboxylic acids is 1. The van der Waals surface area contributed by atoms with Crippen LogP contribution >= 0.6 is 0 Å². The van der Waals surface area contributed by atoms with Crippen LogP contribution in [0.3, 0.4) is 0 Å². The second-order valence-electron chi connectivity index (χ2n) is 8.51. The minimum Gasteiger partial charge on any atom is -0.481 e. The number of unbranched alkanes of at least 4 members (excludes halogenated alkanes) is 9. The van der Waals surface area contributed by atoms with Crippen molar-refractivity contribution in [1.82, 2.24) is 0 Å². The summed E-state index contributed by atoms with van der Waals surface area (Å²) in [6, 6.07) is 0. The molecule has 6 heteroatoms. The van der Waals surface area contributed by atoms with E-state index in [0.29, 0.717) is 11.1 Å². The Kier molecular flexibility index (Phi) is 13.2. The van der Waals surface area contributed by atoms with Crippen molar-refractivity contribution >= 4 is 11.8 Å². The molecule has 0 saturated heterocycles. The Morgan fingerprint density at radius 1 is 0.889 bits per heavy atom. The molecule has 0 aliphatic carbocycles. The first kappa shape index (κ1) is 25.8. The highest BCUT2D eigenvalue weighted by Gasteiger charge is 2.41. The number of allylic oxidation sites excluding steroid dienone is 1. The highest BCUT2D eigenvalue weighted by molar-refractivity contribution is 5.99. The van der Waals surface area contributed by atoms with Crippen LogP contribution < -0.4 is 0 Å². The quantitative estimate of drug-likeness (QED) is 0.203. The molecule has 0 bridgehead atoms. The molecule has 6 nitrogen and oxygen atoms in total. The second kappa shape index (κ2) is 13.9. The summed E-state index contributed by atoms with van der Waals surface area (Å²) in [5, 5.41) is 28.3. The van der Waals surface area contributed by atoms with Gasteiger partial charge in [-0.1, -0.05) is 51.0 Å². The standard InChI is InChI=1S/C21H39NO5/c1-22(2,3)18-21(27,17-20(25)26)19(24)15-13-11-9-7-5-4-6-8-10-12-14-16-23/h13,15,23,27H,4-12,14,16-18H2,1-3H3/p+1/t21-/m1/s1. The van der Waals surface area contributed by atoms with E-state index in [2.05, 4.69) is 0 Å². The van der Waals surface area contributed by atoms with Crippen LogP contribution in [0.15, 0.2) is 12.2 Å². The maximum absolute atomic E-state index is 12.3. The van der Waals surface area contributed by atoms with Gasteiger partial charge >= 0.3 is 5.97 Å². The topological polar surface area (TPSA) is 94.8 Å². The van der Waals surface area contributed by atoms with Crippen LogP contribution in [-0.4, -0.2) is 71.5 Å². The normalized spacial score (nSPS) is 14.4. The van der Waals surface area contributed by atoms with Gasteiger partial charge in [0.05, 0.1) is 27.6 Å². The third-order valence-corrected chi connectivity index (χ3v) is 4.44. The second-order valence-corrected chi connectivity index (χ2v) is 8.51. The molecule has 0 fully saturated rings. The maximum atomic E-state index is 12.3. The van der Waals surface area contributed by atoms with Gasteiger partial charge < -0.3 is 19.8 Å². The molecule has 0 heterocycles. The first-order valence-electron chi connectivity index (χ1n) is 10.2. The number of carboxylic acid groups (broad SMARTS) is 1. The van der Waals surface area contributed by atoms with E-state index < -0.39 is 23.8 Å². The summed E-state index contributed by atoms with van der Waals surface area (Å²) in [6.07, 6.45) is 13.4. The van der Waals surface area contributed by atoms with Gasteiger partial charge in [-0.3, -0.25) is 9.59 Å². The van der Waals surface area contributed by atoms with E-state index in [1.165, 1.54) is 38.2 Å². The number of nitrogens with zero attached hydrogens (tertiary/aromatic N) is 1. The summed E-state index contributed by atoms with van der Waals surface area (Å²) < 4.78 is 0.309. The molecular formula is C21H40NO5+. The monoisotopic (exact) mass is 386 g/mol. The fraction of sp³-hybridized carbons (Fsp3) is 0.810. The van der Waals surface area contributed by atoms with E-state index in [1.807, 2.05) is 21.1 Å². The number of likely N-dealkylation sites (N-methyl/N-ethyl adjacent to an activating group) is 1. The Labute approximate surface area is 164 Å². The van der Waals surface area contributed by atoms with Crippen molar-refractivity contribution in [1.29, 1.82) is 0 Å². The molecule has 1 atom stereocenters. The van der Waals surface area contributed by atoms with E-state index in [-0.39, 0.29) is 6.54 Å². The Morgan fingerprint density at radius 3 is 1.81 bits per heavy atom. The fourth-order valence-corrected chi connectivity index (χ4v) is 3.21. The number of rotatable bonds is 17. The summed E-state index contributed by atoms with van der Waals surface area (Å²) in [5.41, 5.74) is -1.86. The van der Waals surface area contributed by atoms with Crippen LogP contribution in [0.2, 0.25) is 0 Å². The Bertz CT molecular complexity index is 456. The molecule has 0 aromatic carbocycles. The lowest BCUT2D eigenvalue weighted by Gasteiger charge is -2.33. The molecular weight excluding hydrogens is 346 g/mol. The van der Waals surface area contributed by atoms with Gasteiger partial charge in [0.25, 0.3) is 0 Å². The van der Waals surface area contributed by atoms with Crippen LogP contribution in [0.1, 0.15) is 70.6 Å². The van der Waals surface area contributed by atoms with Crippen molar-refractivity contribution in [2.45, 2.75) is 76.2 Å². The van der Waals surface area contributed by atoms with Crippen LogP contribution in [0.25, 0.3) is 0 Å². The molecule has 0 aromatic heterocycles. The van der Waals surface area contributed by atoms with Crippen LogP contribution in [0.5, 0.6) is 0 Å². The zero-order valence-corrected chi connectivity index (χ0v) is 17.5. The Hall–Kier alpha value is -1.24. The number of hydrogen-bond donors (Lipinski definition) is 3. The van der Waals surface area contributed by atoms with Gasteiger partial charge in [0.1, 0.15) is 6.54 Å². The van der Waals surface area contributed by atoms with Crippen LogP contribution in [0, 0.1) is 0 Å². The number of aliphatic hydroxyl groups is 2. The molecule has 27 heavy (non-hydrogen) atoms. The van der Waals surface area contributed by atoms with Crippen LogP contribution in [-0.2, 0) is 9.59 Å². The van der Waals surface area contributed by atoms with Crippen molar-refractivity contribution in [3.05, 3.63) is 12.2 Å². The number of quaternary nitrogens is 1. The molecule has 0 radical (unpaired) electrons. The van der Waals surface area contributed by atoms with Gasteiger partial charge in [-0.25, -0.2) is 0 Å². The van der Waals surface area contributed by atoms with Gasteiger partial charge in [0.2, 0.25) is 0 Å². The zero-order valence-electron chi connectivity index (χ0n) is 17.5. The first-order chi connectivity index (χ1) is 12.6. The van der Waals surface area contributed by atoms with E-state index >= 15 is 0 Å². The molecule has 0 spiro atoms. The molecule has 158 valence electrons. The van der Waals surface area contributed by atoms with Crippen molar-refractivity contribution in [3.63, 3.8) is 0 Å². The smallest absolute Gasteiger partial charge is 0.307 e. The Morgan fingerprint density at radius 2 is 1.37 bits per heavy atom. The summed E-state index contributed by atoms with van der Waals surface area (Å²) >= 11 is 0. The highest BCUT2D eigenvalue weighted by atomic mass is 16.4. The molecule has 0 amide bonds. The lowest BCUT2D eigenvalue weighted by Crippen LogP contribution is -2.54. The molecule has 0 aromatic rings. The Balaban J connectivity index is 4.07.